The zero-order valence-electron chi connectivity index (χ0n) is 10.5. The van der Waals surface area contributed by atoms with Crippen LogP contribution >= 0.6 is 11.8 Å². The minimum absolute atomic E-state index is 0.0471. The molecule has 4 nitrogen and oxygen atoms in total. The van der Waals surface area contributed by atoms with Crippen molar-refractivity contribution in [2.24, 2.45) is 5.92 Å². The summed E-state index contributed by atoms with van der Waals surface area (Å²) in [5.41, 5.74) is 0. The summed E-state index contributed by atoms with van der Waals surface area (Å²) in [5, 5.41) is 3.25. The molecule has 2 heterocycles. The lowest BCUT2D eigenvalue weighted by Crippen LogP contribution is -2.49. The van der Waals surface area contributed by atoms with Gasteiger partial charge in [-0.2, -0.15) is 0 Å². The van der Waals surface area contributed by atoms with Gasteiger partial charge in [-0.05, 0) is 25.7 Å². The number of carbonyl (C=O) groups excluding carboxylic acids is 1. The molecule has 2 atom stereocenters. The van der Waals surface area contributed by atoms with Crippen molar-refractivity contribution in [1.82, 2.24) is 10.2 Å². The normalized spacial score (nSPS) is 29.6. The van der Waals surface area contributed by atoms with Gasteiger partial charge in [0.05, 0.1) is 12.6 Å². The van der Waals surface area contributed by atoms with Gasteiger partial charge in [0.25, 0.3) is 0 Å². The Labute approximate surface area is 107 Å². The molecule has 1 amide bonds. The van der Waals surface area contributed by atoms with Crippen LogP contribution < -0.4 is 5.32 Å². The van der Waals surface area contributed by atoms with E-state index >= 15 is 0 Å². The Hall–Kier alpha value is -0.260. The summed E-state index contributed by atoms with van der Waals surface area (Å²) in [6, 6.07) is 0.0471. The highest BCUT2D eigenvalue weighted by atomic mass is 32.2. The third-order valence-electron chi connectivity index (χ3n) is 3.40. The van der Waals surface area contributed by atoms with Gasteiger partial charge >= 0.3 is 0 Å². The second-order valence-corrected chi connectivity index (χ2v) is 5.75. The smallest absolute Gasteiger partial charge is 0.240 e. The quantitative estimate of drug-likeness (QED) is 0.814. The molecule has 2 aliphatic rings. The van der Waals surface area contributed by atoms with Crippen molar-refractivity contribution in [3.05, 3.63) is 0 Å². The van der Waals surface area contributed by atoms with Gasteiger partial charge < -0.3 is 9.64 Å². The molecule has 0 saturated carbocycles. The summed E-state index contributed by atoms with van der Waals surface area (Å²) in [6.45, 7) is 5.38. The van der Waals surface area contributed by atoms with E-state index in [-0.39, 0.29) is 11.9 Å². The summed E-state index contributed by atoms with van der Waals surface area (Å²) in [6.07, 6.45) is 2.31. The molecule has 0 aromatic carbocycles. The van der Waals surface area contributed by atoms with E-state index in [1.54, 1.807) is 11.8 Å². The SMILES string of the molecule is CCOCC1CCCN(C(=O)C2CSCN2)C1. The van der Waals surface area contributed by atoms with Crippen LogP contribution in [0.4, 0.5) is 0 Å². The van der Waals surface area contributed by atoms with Crippen molar-refractivity contribution in [2.75, 3.05) is 37.9 Å². The maximum Gasteiger partial charge on any atom is 0.240 e. The molecule has 2 unspecified atom stereocenters. The molecule has 2 aliphatic heterocycles. The topological polar surface area (TPSA) is 41.6 Å². The summed E-state index contributed by atoms with van der Waals surface area (Å²) in [4.78, 5) is 14.3. The molecule has 0 aromatic heterocycles. The number of likely N-dealkylation sites (tertiary alicyclic amines) is 1. The van der Waals surface area contributed by atoms with Crippen LogP contribution in [0.2, 0.25) is 0 Å². The molecule has 0 radical (unpaired) electrons. The molecule has 2 rings (SSSR count). The van der Waals surface area contributed by atoms with Crippen molar-refractivity contribution in [1.29, 1.82) is 0 Å². The number of hydrogen-bond acceptors (Lipinski definition) is 4. The van der Waals surface area contributed by atoms with Crippen LogP contribution in [0.1, 0.15) is 19.8 Å². The van der Waals surface area contributed by atoms with Crippen LogP contribution in [0.15, 0.2) is 0 Å². The lowest BCUT2D eigenvalue weighted by Gasteiger charge is -2.34. The lowest BCUT2D eigenvalue weighted by atomic mass is 9.98. The largest absolute Gasteiger partial charge is 0.381 e. The molecule has 2 saturated heterocycles. The van der Waals surface area contributed by atoms with E-state index in [0.717, 1.165) is 44.4 Å². The van der Waals surface area contributed by atoms with Gasteiger partial charge in [-0.1, -0.05) is 0 Å². The van der Waals surface area contributed by atoms with Crippen molar-refractivity contribution in [2.45, 2.75) is 25.8 Å². The van der Waals surface area contributed by atoms with Gasteiger partial charge in [0.1, 0.15) is 0 Å². The predicted octanol–water partition coefficient (Wildman–Crippen LogP) is 0.924. The number of thioether (sulfide) groups is 1. The average molecular weight is 258 g/mol. The molecular formula is C12H22N2O2S. The highest BCUT2D eigenvalue weighted by Crippen LogP contribution is 2.19. The van der Waals surface area contributed by atoms with E-state index < -0.39 is 0 Å². The maximum atomic E-state index is 12.2. The van der Waals surface area contributed by atoms with E-state index in [2.05, 4.69) is 5.32 Å². The Morgan fingerprint density at radius 2 is 2.47 bits per heavy atom. The molecule has 0 spiro atoms. The summed E-state index contributed by atoms with van der Waals surface area (Å²) < 4.78 is 5.47. The molecule has 5 heteroatoms. The third-order valence-corrected chi connectivity index (χ3v) is 4.34. The minimum atomic E-state index is 0.0471. The van der Waals surface area contributed by atoms with Crippen LogP contribution in [0, 0.1) is 5.92 Å². The number of hydrogen-bond donors (Lipinski definition) is 1. The summed E-state index contributed by atoms with van der Waals surface area (Å²) >= 11 is 1.81. The van der Waals surface area contributed by atoms with E-state index in [9.17, 15) is 4.79 Å². The van der Waals surface area contributed by atoms with Crippen LogP contribution in [0.5, 0.6) is 0 Å². The second-order valence-electron chi connectivity index (χ2n) is 4.72. The standard InChI is InChI=1S/C12H22N2O2S/c1-2-16-7-10-4-3-5-14(6-10)12(15)11-8-17-9-13-11/h10-11,13H,2-9H2,1H3. The van der Waals surface area contributed by atoms with E-state index in [1.165, 1.54) is 6.42 Å². The molecule has 0 aromatic rings. The highest BCUT2D eigenvalue weighted by molar-refractivity contribution is 7.99. The molecule has 1 N–H and O–H groups in total. The lowest BCUT2D eigenvalue weighted by molar-refractivity contribution is -0.134. The van der Waals surface area contributed by atoms with E-state index in [1.807, 2.05) is 11.8 Å². The molecule has 0 aliphatic carbocycles. The van der Waals surface area contributed by atoms with Crippen molar-refractivity contribution < 1.29 is 9.53 Å². The van der Waals surface area contributed by atoms with Crippen molar-refractivity contribution >= 4 is 17.7 Å². The first-order valence-corrected chi connectivity index (χ1v) is 7.64. The first kappa shape index (κ1) is 13.2. The first-order valence-electron chi connectivity index (χ1n) is 6.49. The van der Waals surface area contributed by atoms with Crippen LogP contribution in [0.25, 0.3) is 0 Å². The monoisotopic (exact) mass is 258 g/mol. The molecule has 0 bridgehead atoms. The summed E-state index contributed by atoms with van der Waals surface area (Å²) in [7, 11) is 0. The van der Waals surface area contributed by atoms with Gasteiger partial charge in [0.15, 0.2) is 0 Å². The predicted molar refractivity (Wildman–Crippen MR) is 70.0 cm³/mol. The zero-order valence-corrected chi connectivity index (χ0v) is 11.3. The molecule has 17 heavy (non-hydrogen) atoms. The van der Waals surface area contributed by atoms with Crippen molar-refractivity contribution in [3.8, 4) is 0 Å². The number of amides is 1. The third kappa shape index (κ3) is 3.60. The van der Waals surface area contributed by atoms with Crippen LogP contribution in [-0.2, 0) is 9.53 Å². The van der Waals surface area contributed by atoms with Gasteiger partial charge in [0.2, 0.25) is 5.91 Å². The Morgan fingerprint density at radius 3 is 3.18 bits per heavy atom. The average Bonchev–Trinajstić information content (AvgIpc) is 2.89. The minimum Gasteiger partial charge on any atom is -0.381 e. The number of piperidine rings is 1. The summed E-state index contributed by atoms with van der Waals surface area (Å²) in [5.74, 6) is 2.65. The van der Waals surface area contributed by atoms with Gasteiger partial charge in [0, 0.05) is 31.3 Å². The number of nitrogens with zero attached hydrogens (tertiary/aromatic N) is 1. The maximum absolute atomic E-state index is 12.2. The Kier molecular flexibility index (Phi) is 5.13. The van der Waals surface area contributed by atoms with E-state index in [4.69, 9.17) is 4.74 Å². The van der Waals surface area contributed by atoms with E-state index in [0.29, 0.717) is 5.92 Å². The fourth-order valence-corrected chi connectivity index (χ4v) is 3.39. The molecule has 2 fully saturated rings. The number of rotatable bonds is 4. The number of ether oxygens (including phenoxy) is 1. The van der Waals surface area contributed by atoms with Gasteiger partial charge in [-0.3, -0.25) is 10.1 Å². The first-order chi connectivity index (χ1) is 8.31. The molecular weight excluding hydrogens is 236 g/mol. The second kappa shape index (κ2) is 6.61. The Bertz CT molecular complexity index is 257. The van der Waals surface area contributed by atoms with Crippen LogP contribution in [0.3, 0.4) is 0 Å². The van der Waals surface area contributed by atoms with Crippen molar-refractivity contribution in [3.63, 3.8) is 0 Å². The zero-order chi connectivity index (χ0) is 12.1. The Balaban J connectivity index is 1.81. The number of carbonyl (C=O) groups is 1. The van der Waals surface area contributed by atoms with Gasteiger partial charge in [-0.25, -0.2) is 0 Å². The molecule has 98 valence electrons. The number of nitrogens with one attached hydrogen (secondary N) is 1. The fraction of sp³-hybridized carbons (Fsp3) is 0.917. The highest BCUT2D eigenvalue weighted by Gasteiger charge is 2.30. The van der Waals surface area contributed by atoms with Gasteiger partial charge in [-0.15, -0.1) is 11.8 Å². The Morgan fingerprint density at radius 1 is 1.59 bits per heavy atom. The fourth-order valence-electron chi connectivity index (χ4n) is 2.46. The van der Waals surface area contributed by atoms with Crippen LogP contribution in [-0.4, -0.2) is 54.8 Å².